The van der Waals surface area contributed by atoms with E-state index < -0.39 is 5.69 Å². The van der Waals surface area contributed by atoms with Crippen molar-refractivity contribution < 1.29 is 5.21 Å². The van der Waals surface area contributed by atoms with Crippen molar-refractivity contribution in [3.05, 3.63) is 10.5 Å². The second-order valence-electron chi connectivity index (χ2n) is 3.25. The maximum absolute atomic E-state index is 11.0. The topological polar surface area (TPSA) is 60.1 Å². The Hall–Kier alpha value is -0.910. The van der Waals surface area contributed by atoms with Crippen LogP contribution >= 0.6 is 11.8 Å². The lowest BCUT2D eigenvalue weighted by Gasteiger charge is -1.95. The van der Waals surface area contributed by atoms with Crippen molar-refractivity contribution in [2.75, 3.05) is 5.75 Å². The predicted octanol–water partition coefficient (Wildman–Crippen LogP) is 0.321. The Morgan fingerprint density at radius 1 is 1.69 bits per heavy atom. The van der Waals surface area contributed by atoms with E-state index in [1.807, 2.05) is 0 Å². The molecule has 0 amide bonds. The number of thioether (sulfide) groups is 1. The first kappa shape index (κ1) is 8.68. The lowest BCUT2D eigenvalue weighted by atomic mass is 10.5. The summed E-state index contributed by atoms with van der Waals surface area (Å²) in [5, 5.41) is 13.5. The molecule has 0 aliphatic heterocycles. The second-order valence-corrected chi connectivity index (χ2v) is 4.24. The molecule has 1 aliphatic rings. The van der Waals surface area contributed by atoms with Gasteiger partial charge in [-0.1, -0.05) is 11.8 Å². The zero-order chi connectivity index (χ0) is 9.42. The van der Waals surface area contributed by atoms with Gasteiger partial charge in [-0.2, -0.15) is 0 Å². The van der Waals surface area contributed by atoms with E-state index in [1.165, 1.54) is 31.7 Å². The molecule has 72 valence electrons. The molecule has 1 aromatic heterocycles. The molecule has 1 saturated carbocycles. The molecule has 2 rings (SSSR count). The molecule has 1 N–H and O–H groups in total. The van der Waals surface area contributed by atoms with Crippen LogP contribution < -0.4 is 5.69 Å². The summed E-state index contributed by atoms with van der Waals surface area (Å²) in [5.74, 6) is 1.69. The van der Waals surface area contributed by atoms with E-state index in [2.05, 4.69) is 5.10 Å². The Morgan fingerprint density at radius 2 is 2.38 bits per heavy atom. The molecule has 0 aromatic carbocycles. The molecular weight excluding hydrogens is 190 g/mol. The summed E-state index contributed by atoms with van der Waals surface area (Å²) >= 11 is 1.43. The number of aryl methyl sites for hydroxylation is 1. The largest absolute Gasteiger partial charge is 0.422 e. The predicted molar refractivity (Wildman–Crippen MR) is 48.1 cm³/mol. The zero-order valence-corrected chi connectivity index (χ0v) is 8.12. The Labute approximate surface area is 79.3 Å². The molecule has 13 heavy (non-hydrogen) atoms. The van der Waals surface area contributed by atoms with E-state index in [-0.39, 0.29) is 0 Å². The van der Waals surface area contributed by atoms with E-state index in [0.717, 1.165) is 16.4 Å². The van der Waals surface area contributed by atoms with Crippen LogP contribution in [-0.4, -0.2) is 25.5 Å². The summed E-state index contributed by atoms with van der Waals surface area (Å²) in [6, 6.07) is 0. The van der Waals surface area contributed by atoms with Crippen LogP contribution in [0.3, 0.4) is 0 Å². The number of nitrogens with zero attached hydrogens (tertiary/aromatic N) is 3. The molecule has 0 saturated heterocycles. The Kier molecular flexibility index (Phi) is 2.07. The van der Waals surface area contributed by atoms with Gasteiger partial charge < -0.3 is 5.21 Å². The lowest BCUT2D eigenvalue weighted by molar-refractivity contribution is 0.149. The molecule has 1 aromatic rings. The van der Waals surface area contributed by atoms with Gasteiger partial charge in [0, 0.05) is 12.8 Å². The van der Waals surface area contributed by atoms with Crippen LogP contribution in [0, 0.1) is 5.92 Å². The maximum atomic E-state index is 11.0. The highest BCUT2D eigenvalue weighted by Gasteiger charge is 2.22. The summed E-state index contributed by atoms with van der Waals surface area (Å²) in [6.45, 7) is 0. The van der Waals surface area contributed by atoms with Gasteiger partial charge in [0.25, 0.3) is 0 Å². The smallest absolute Gasteiger partial charge is 0.379 e. The molecule has 0 unspecified atom stereocenters. The van der Waals surface area contributed by atoms with Gasteiger partial charge in [-0.25, -0.2) is 9.48 Å². The molecule has 1 aliphatic carbocycles. The van der Waals surface area contributed by atoms with Crippen molar-refractivity contribution in [1.29, 1.82) is 0 Å². The van der Waals surface area contributed by atoms with Crippen LogP contribution in [0.25, 0.3) is 0 Å². The third-order valence-electron chi connectivity index (χ3n) is 2.02. The van der Waals surface area contributed by atoms with E-state index in [9.17, 15) is 10.0 Å². The van der Waals surface area contributed by atoms with E-state index in [4.69, 9.17) is 0 Å². The van der Waals surface area contributed by atoms with Gasteiger partial charge in [0.1, 0.15) is 0 Å². The van der Waals surface area contributed by atoms with E-state index >= 15 is 0 Å². The van der Waals surface area contributed by atoms with Gasteiger partial charge in [0.15, 0.2) is 0 Å². The molecular formula is C7H11N3O2S. The number of hydrogen-bond donors (Lipinski definition) is 1. The summed E-state index contributed by atoms with van der Waals surface area (Å²) in [7, 11) is 1.52. The van der Waals surface area contributed by atoms with Crippen molar-refractivity contribution in [3.8, 4) is 0 Å². The third-order valence-corrected chi connectivity index (χ3v) is 3.17. The molecule has 0 atom stereocenters. The first-order chi connectivity index (χ1) is 6.18. The van der Waals surface area contributed by atoms with Crippen molar-refractivity contribution in [1.82, 2.24) is 14.5 Å². The van der Waals surface area contributed by atoms with E-state index in [0.29, 0.717) is 9.89 Å². The van der Waals surface area contributed by atoms with Gasteiger partial charge in [-0.15, -0.1) is 9.83 Å². The van der Waals surface area contributed by atoms with E-state index in [1.54, 1.807) is 0 Å². The van der Waals surface area contributed by atoms with Crippen LogP contribution in [0.5, 0.6) is 0 Å². The fourth-order valence-electron chi connectivity index (χ4n) is 0.999. The van der Waals surface area contributed by atoms with Gasteiger partial charge >= 0.3 is 5.69 Å². The Bertz CT molecular complexity index is 366. The van der Waals surface area contributed by atoms with Gasteiger partial charge in [0.2, 0.25) is 5.16 Å². The highest BCUT2D eigenvalue weighted by molar-refractivity contribution is 7.99. The lowest BCUT2D eigenvalue weighted by Crippen LogP contribution is -2.20. The van der Waals surface area contributed by atoms with Crippen LogP contribution in [0.15, 0.2) is 9.95 Å². The van der Waals surface area contributed by atoms with Crippen molar-refractivity contribution in [3.63, 3.8) is 0 Å². The highest BCUT2D eigenvalue weighted by Crippen LogP contribution is 2.33. The fraction of sp³-hybridized carbons (Fsp3) is 0.714. The van der Waals surface area contributed by atoms with Gasteiger partial charge in [-0.05, 0) is 18.8 Å². The van der Waals surface area contributed by atoms with Crippen molar-refractivity contribution >= 4 is 11.8 Å². The summed E-state index contributed by atoms with van der Waals surface area (Å²) in [5.41, 5.74) is -0.488. The number of rotatable bonds is 3. The quantitative estimate of drug-likeness (QED) is 0.565. The minimum absolute atomic E-state index is 0.388. The second kappa shape index (κ2) is 3.10. The third kappa shape index (κ3) is 1.72. The van der Waals surface area contributed by atoms with Crippen molar-refractivity contribution in [2.24, 2.45) is 13.0 Å². The molecule has 6 heteroatoms. The summed E-state index contributed by atoms with van der Waals surface area (Å²) < 4.78 is 1.74. The molecule has 0 radical (unpaired) electrons. The minimum atomic E-state index is -0.488. The SMILES string of the molecule is Cn1nc(SCC2CC2)n(O)c1=O. The minimum Gasteiger partial charge on any atom is -0.422 e. The zero-order valence-electron chi connectivity index (χ0n) is 7.30. The number of aromatic nitrogens is 3. The Morgan fingerprint density at radius 3 is 2.85 bits per heavy atom. The fourth-order valence-corrected chi connectivity index (χ4v) is 2.10. The maximum Gasteiger partial charge on any atom is 0.379 e. The highest BCUT2D eigenvalue weighted by atomic mass is 32.2. The van der Waals surface area contributed by atoms with Crippen LogP contribution in [-0.2, 0) is 7.05 Å². The average Bonchev–Trinajstić information content (AvgIpc) is 2.89. The van der Waals surface area contributed by atoms with Gasteiger partial charge in [-0.3, -0.25) is 0 Å². The molecule has 1 heterocycles. The normalized spacial score (nSPS) is 16.4. The molecule has 0 bridgehead atoms. The average molecular weight is 201 g/mol. The molecule has 1 fully saturated rings. The van der Waals surface area contributed by atoms with Crippen LogP contribution in [0.2, 0.25) is 0 Å². The summed E-state index contributed by atoms with van der Waals surface area (Å²) in [4.78, 5) is 11.0. The standard InChI is InChI=1S/C7H11N3O2S/c1-9-7(11)10(12)6(8-9)13-4-5-2-3-5/h5,12H,2-4H2,1H3. The molecule has 5 nitrogen and oxygen atoms in total. The van der Waals surface area contributed by atoms with Gasteiger partial charge in [0.05, 0.1) is 0 Å². The first-order valence-electron chi connectivity index (χ1n) is 4.16. The van der Waals surface area contributed by atoms with Crippen LogP contribution in [0.4, 0.5) is 0 Å². The summed E-state index contributed by atoms with van der Waals surface area (Å²) in [6.07, 6.45) is 2.52. The number of hydrogen-bond acceptors (Lipinski definition) is 4. The van der Waals surface area contributed by atoms with Crippen LogP contribution in [0.1, 0.15) is 12.8 Å². The van der Waals surface area contributed by atoms with Crippen molar-refractivity contribution in [2.45, 2.75) is 18.0 Å². The molecule has 0 spiro atoms. The Balaban J connectivity index is 2.10. The first-order valence-corrected chi connectivity index (χ1v) is 5.15. The monoisotopic (exact) mass is 201 g/mol.